The number of hydrogen-bond acceptors (Lipinski definition) is 20. The highest BCUT2D eigenvalue weighted by Gasteiger charge is 2.45. The van der Waals surface area contributed by atoms with Gasteiger partial charge in [0.25, 0.3) is 0 Å². The number of fused-ring (bicyclic) bond motifs is 10. The van der Waals surface area contributed by atoms with Crippen LogP contribution >= 0.6 is 43.2 Å². The van der Waals surface area contributed by atoms with E-state index in [1.807, 2.05) is 6.92 Å². The summed E-state index contributed by atoms with van der Waals surface area (Å²) in [5.74, 6) is -13.5. The second-order valence-electron chi connectivity index (χ2n) is 22.4. The van der Waals surface area contributed by atoms with Crippen LogP contribution in [0.25, 0.3) is 0 Å². The van der Waals surface area contributed by atoms with Gasteiger partial charge < -0.3 is 84.0 Å². The van der Waals surface area contributed by atoms with Crippen LogP contribution in [0.1, 0.15) is 111 Å². The van der Waals surface area contributed by atoms with Gasteiger partial charge in [0.1, 0.15) is 78.3 Å². The molecule has 33 heteroatoms. The summed E-state index contributed by atoms with van der Waals surface area (Å²) < 4.78 is 0. The first kappa shape index (κ1) is 74.2. The molecule has 1 aromatic carbocycles. The second-order valence-corrected chi connectivity index (χ2v) is 27.5. The summed E-state index contributed by atoms with van der Waals surface area (Å²) in [7, 11) is 3.61. The van der Waals surface area contributed by atoms with Crippen molar-refractivity contribution >= 4 is 120 Å². The predicted octanol–water partition coefficient (Wildman–Crippen LogP) is -1.96. The molecule has 5 rings (SSSR count). The van der Waals surface area contributed by atoms with Gasteiger partial charge in [0.15, 0.2) is 0 Å². The summed E-state index contributed by atoms with van der Waals surface area (Å²) in [4.78, 5) is 187. The number of nitrogens with zero attached hydrogens (tertiary/aromatic N) is 2. The molecule has 0 saturated carbocycles. The highest BCUT2D eigenvalue weighted by molar-refractivity contribution is 8.77. The van der Waals surface area contributed by atoms with Crippen molar-refractivity contribution in [2.75, 3.05) is 49.3 Å². The van der Waals surface area contributed by atoms with Gasteiger partial charge in [0.05, 0.1) is 13.2 Å². The summed E-state index contributed by atoms with van der Waals surface area (Å²) in [5, 5.41) is 57.3. The zero-order valence-electron chi connectivity index (χ0n) is 51.2. The van der Waals surface area contributed by atoms with Crippen LogP contribution in [0.2, 0.25) is 0 Å². The normalized spacial score (nSPS) is 28.7. The van der Waals surface area contributed by atoms with E-state index >= 15 is 0 Å². The Kier molecular flexibility index (Phi) is 30.6. The Bertz CT molecular complexity index is 2720. The molecule has 0 aliphatic carbocycles. The molecule has 0 spiro atoms. The van der Waals surface area contributed by atoms with Crippen molar-refractivity contribution in [2.45, 2.75) is 184 Å². The van der Waals surface area contributed by atoms with Crippen molar-refractivity contribution in [2.24, 2.45) is 11.7 Å². The number of rotatable bonds is 14. The molecule has 0 radical (unpaired) electrons. The first-order valence-electron chi connectivity index (χ1n) is 30.4. The van der Waals surface area contributed by atoms with E-state index in [2.05, 4.69) is 53.2 Å². The van der Waals surface area contributed by atoms with Crippen LogP contribution in [0.3, 0.4) is 0 Å². The average Bonchev–Trinajstić information content (AvgIpc) is 1.85. The molecule has 4 fully saturated rings. The van der Waals surface area contributed by atoms with E-state index in [-0.39, 0.29) is 68.9 Å². The molecule has 4 aliphatic rings. The first-order chi connectivity index (χ1) is 43.0. The molecule has 12 amide bonds. The Morgan fingerprint density at radius 2 is 1.12 bits per heavy atom. The first-order valence-corrected chi connectivity index (χ1v) is 35.4. The summed E-state index contributed by atoms with van der Waals surface area (Å²) >= 11 is 0. The minimum Gasteiger partial charge on any atom is -0.508 e. The number of hydrogen-bond donors (Lipinski definition) is 14. The number of nitrogens with two attached hydrogens (primary N) is 1. The largest absolute Gasteiger partial charge is 0.508 e. The highest BCUT2D eigenvalue weighted by atomic mass is 33.1. The number of phenolic OH excluding ortho intramolecular Hbond substituents is 1. The minimum absolute atomic E-state index is 0.00726. The number of carboxylic acids is 1. The number of carbonyl (C=O) groups is 13. The lowest BCUT2D eigenvalue weighted by atomic mass is 9.97. The number of phenols is 1. The Labute approximate surface area is 538 Å². The number of aromatic hydroxyl groups is 1. The van der Waals surface area contributed by atoms with Crippen molar-refractivity contribution in [3.05, 3.63) is 29.8 Å². The van der Waals surface area contributed by atoms with Gasteiger partial charge in [-0.25, -0.2) is 4.79 Å². The summed E-state index contributed by atoms with van der Waals surface area (Å²) in [5.41, 5.74) is 6.09. The maximum atomic E-state index is 14.8. The summed E-state index contributed by atoms with van der Waals surface area (Å²) in [6, 6.07) is -11.2. The molecule has 4 saturated heterocycles. The van der Waals surface area contributed by atoms with Gasteiger partial charge >= 0.3 is 5.97 Å². The van der Waals surface area contributed by atoms with Crippen LogP contribution in [0.15, 0.2) is 24.3 Å². The standard InChI is InChI=1S/C57H87N13O16S4/c1-6-10-14-35-55(83)70-22-12-16-43(70)56(84)69-21-11-15-42(69)53(81)66-40-28-88-87-26-38(59-44(73)24-58)50(78)65-39(51(79)64-37(25-71)49(77)62-35)27-89-90-29-41(57(85)86)67-48(76)36(23-31-17-19-32(72)20-18-31)63-47(75)34(13-7-2)61-46(74)33(9-4)60-54(82)45(30(5)8-3)68-52(40)80/h17-20,30,33-43,45,71-72H,6-16,21-29,58H2,1-5H3,(H,59,73)(H,60,82)(H,61,74)(H,62,77)(H,63,75)(H,64,79)(H,65,78)(H,66,81)(H,67,76)(H,68,80)(H,85,86)/t30-,33+,34+,35+,36+,37+,38+,39+,40+,41+,42+,43+,45+/m1/s1. The van der Waals surface area contributed by atoms with Crippen molar-refractivity contribution in [3.63, 3.8) is 0 Å². The van der Waals surface area contributed by atoms with Crippen molar-refractivity contribution in [1.82, 2.24) is 63.0 Å². The van der Waals surface area contributed by atoms with Gasteiger partial charge in [-0.15, -0.1) is 0 Å². The molecule has 15 N–H and O–H groups in total. The van der Waals surface area contributed by atoms with Crippen LogP contribution in [0.5, 0.6) is 5.75 Å². The van der Waals surface area contributed by atoms with Crippen LogP contribution in [0, 0.1) is 5.92 Å². The number of aliphatic hydroxyl groups excluding tert-OH is 1. The van der Waals surface area contributed by atoms with Crippen molar-refractivity contribution < 1.29 is 77.6 Å². The fourth-order valence-electron chi connectivity index (χ4n) is 10.4. The number of benzene rings is 1. The quantitative estimate of drug-likeness (QED) is 0.0899. The lowest BCUT2D eigenvalue weighted by Gasteiger charge is -2.33. The van der Waals surface area contributed by atoms with E-state index in [0.29, 0.717) is 44.1 Å². The number of carbonyl (C=O) groups excluding carboxylic acids is 12. The zero-order chi connectivity index (χ0) is 66.2. The molecule has 0 aromatic heterocycles. The fraction of sp³-hybridized carbons (Fsp3) is 0.667. The fourth-order valence-corrected chi connectivity index (χ4v) is 15.0. The lowest BCUT2D eigenvalue weighted by molar-refractivity contribution is -0.148. The molecule has 90 heavy (non-hydrogen) atoms. The molecular weight excluding hydrogens is 1250 g/mol. The molecular formula is C57H87N13O16S4. The third-order valence-corrected chi connectivity index (χ3v) is 20.7. The van der Waals surface area contributed by atoms with Gasteiger partial charge in [0.2, 0.25) is 70.9 Å². The van der Waals surface area contributed by atoms with Gasteiger partial charge in [-0.1, -0.05) is 116 Å². The summed E-state index contributed by atoms with van der Waals surface area (Å²) in [6.45, 7) is 7.29. The average molecular weight is 1340 g/mol. The smallest absolute Gasteiger partial charge is 0.327 e. The number of nitrogens with one attached hydrogen (secondary N) is 10. The molecule has 29 nitrogen and oxygen atoms in total. The monoisotopic (exact) mass is 1340 g/mol. The van der Waals surface area contributed by atoms with E-state index in [4.69, 9.17) is 5.73 Å². The topological polar surface area (TPSA) is 435 Å². The number of aliphatic hydroxyl groups is 1. The Hall–Kier alpha value is -6.55. The van der Waals surface area contributed by atoms with Crippen molar-refractivity contribution in [1.29, 1.82) is 0 Å². The maximum Gasteiger partial charge on any atom is 0.327 e. The van der Waals surface area contributed by atoms with E-state index < -0.39 is 180 Å². The predicted molar refractivity (Wildman–Crippen MR) is 338 cm³/mol. The molecule has 500 valence electrons. The number of carboxylic acid groups (broad SMARTS) is 1. The molecule has 2 bridgehead atoms. The molecule has 13 atom stereocenters. The SMILES string of the molecule is CCCC[C@@H]1NC(=O)[C@H](CO)NC(=O)[C@@H]2CSSC[C@@H](C(=O)O)NC(=O)[C@H](Cc3ccc(O)cc3)NC(=O)[C@H](CCC)NC(=O)[C@H](CC)NC(=O)[C@H]([C@H](C)CC)NC(=O)[C@H](CSSC[C@H](NC(=O)CN)C(=O)N2)NC(=O)[C@@H]2CCCN2C(=O)[C@@H]2CCCN2C1=O. The second kappa shape index (κ2) is 37.1. The molecule has 4 heterocycles. The molecule has 1 aromatic rings. The third-order valence-electron chi connectivity index (χ3n) is 15.8. The number of amides is 12. The Balaban J connectivity index is 1.64. The van der Waals surface area contributed by atoms with E-state index in [1.54, 1.807) is 27.7 Å². The minimum atomic E-state index is -1.74. The summed E-state index contributed by atoms with van der Waals surface area (Å²) in [6.07, 6.45) is 2.70. The maximum absolute atomic E-state index is 14.8. The zero-order valence-corrected chi connectivity index (χ0v) is 54.5. The van der Waals surface area contributed by atoms with Crippen LogP contribution < -0.4 is 58.9 Å². The Morgan fingerprint density at radius 1 is 0.589 bits per heavy atom. The number of unbranched alkanes of at least 4 members (excludes halogenated alkanes) is 1. The molecule has 4 aliphatic heterocycles. The van der Waals surface area contributed by atoms with Gasteiger partial charge in [0, 0.05) is 42.5 Å². The van der Waals surface area contributed by atoms with Crippen LogP contribution in [-0.2, 0) is 68.7 Å². The van der Waals surface area contributed by atoms with Crippen LogP contribution in [-0.4, -0.2) is 224 Å². The third kappa shape index (κ3) is 21.5. The Morgan fingerprint density at radius 3 is 1.72 bits per heavy atom. The number of aliphatic carboxylic acids is 1. The van der Waals surface area contributed by atoms with Crippen molar-refractivity contribution in [3.8, 4) is 5.75 Å². The van der Waals surface area contributed by atoms with Gasteiger partial charge in [-0.3, -0.25) is 57.5 Å². The van der Waals surface area contributed by atoms with Gasteiger partial charge in [-0.05, 0) is 68.6 Å². The van der Waals surface area contributed by atoms with Crippen LogP contribution in [0.4, 0.5) is 0 Å². The van der Waals surface area contributed by atoms with E-state index in [1.165, 1.54) is 34.1 Å². The van der Waals surface area contributed by atoms with E-state index in [0.717, 1.165) is 43.2 Å². The van der Waals surface area contributed by atoms with E-state index in [9.17, 15) is 77.6 Å². The lowest BCUT2D eigenvalue weighted by Crippen LogP contribution is -2.61. The van der Waals surface area contributed by atoms with Gasteiger partial charge in [-0.2, -0.15) is 0 Å². The molecule has 0 unspecified atom stereocenters. The highest BCUT2D eigenvalue weighted by Crippen LogP contribution is 2.29.